The predicted molar refractivity (Wildman–Crippen MR) is 104 cm³/mol. The molecule has 2 atom stereocenters. The fourth-order valence-electron chi connectivity index (χ4n) is 2.87. The highest BCUT2D eigenvalue weighted by Crippen LogP contribution is 2.21. The van der Waals surface area contributed by atoms with Crippen LogP contribution in [-0.2, 0) is 26.6 Å². The summed E-state index contributed by atoms with van der Waals surface area (Å²) in [6.07, 6.45) is 0. The van der Waals surface area contributed by atoms with E-state index in [0.29, 0.717) is 25.0 Å². The van der Waals surface area contributed by atoms with Gasteiger partial charge in [-0.25, -0.2) is 0 Å². The molecule has 0 fully saturated rings. The maximum atomic E-state index is 5.77. The Morgan fingerprint density at radius 3 is 1.24 bits per heavy atom. The van der Waals surface area contributed by atoms with Gasteiger partial charge in [0, 0.05) is 53.7 Å². The number of hydrogen-bond donors (Lipinski definition) is 1. The van der Waals surface area contributed by atoms with Crippen LogP contribution < -0.4 is 5.32 Å². The molecule has 152 valence electrons. The van der Waals surface area contributed by atoms with Gasteiger partial charge >= 0.3 is 17.6 Å². The van der Waals surface area contributed by atoms with E-state index >= 15 is 0 Å². The SMILES string of the molecule is CCO[Si](CC(C)CNCC(C)C[Si](OC)(OC)OCC)(OC)OC. The van der Waals surface area contributed by atoms with Gasteiger partial charge in [0.05, 0.1) is 0 Å². The molecule has 0 aliphatic heterocycles. The molecule has 0 heterocycles. The van der Waals surface area contributed by atoms with Gasteiger partial charge in [-0.05, 0) is 38.8 Å². The Balaban J connectivity index is 4.36. The molecule has 0 aromatic carbocycles. The third kappa shape index (κ3) is 9.07. The maximum Gasteiger partial charge on any atom is 0.500 e. The molecule has 0 saturated heterocycles. The fourth-order valence-corrected chi connectivity index (χ4v) is 7.45. The molecule has 0 saturated carbocycles. The predicted octanol–water partition coefficient (Wildman–Crippen LogP) is 2.38. The molecular formula is C16H39NO6Si2. The van der Waals surface area contributed by atoms with Crippen molar-refractivity contribution >= 4 is 17.6 Å². The van der Waals surface area contributed by atoms with E-state index in [0.717, 1.165) is 25.2 Å². The fraction of sp³-hybridized carbons (Fsp3) is 1.00. The van der Waals surface area contributed by atoms with E-state index in [9.17, 15) is 0 Å². The largest absolute Gasteiger partial charge is 0.500 e. The summed E-state index contributed by atoms with van der Waals surface area (Å²) in [4.78, 5) is 0. The van der Waals surface area contributed by atoms with Crippen LogP contribution in [0.5, 0.6) is 0 Å². The molecule has 0 aliphatic carbocycles. The Morgan fingerprint density at radius 2 is 1.00 bits per heavy atom. The summed E-state index contributed by atoms with van der Waals surface area (Å²) < 4.78 is 33.8. The van der Waals surface area contributed by atoms with Gasteiger partial charge in [0.15, 0.2) is 0 Å². The second-order valence-corrected chi connectivity index (χ2v) is 12.1. The van der Waals surface area contributed by atoms with Crippen LogP contribution in [-0.4, -0.2) is 72.4 Å². The van der Waals surface area contributed by atoms with Crippen LogP contribution in [0.2, 0.25) is 12.1 Å². The second kappa shape index (κ2) is 13.3. The summed E-state index contributed by atoms with van der Waals surface area (Å²) in [5, 5.41) is 3.52. The molecule has 1 N–H and O–H groups in total. The zero-order valence-corrected chi connectivity index (χ0v) is 19.3. The minimum Gasteiger partial charge on any atom is -0.377 e. The summed E-state index contributed by atoms with van der Waals surface area (Å²) in [6.45, 7) is 11.2. The van der Waals surface area contributed by atoms with Crippen molar-refractivity contribution < 1.29 is 26.6 Å². The normalized spacial score (nSPS) is 15.4. The minimum absolute atomic E-state index is 0.393. The van der Waals surface area contributed by atoms with E-state index < -0.39 is 17.6 Å². The van der Waals surface area contributed by atoms with Crippen LogP contribution in [0.1, 0.15) is 27.7 Å². The van der Waals surface area contributed by atoms with Crippen molar-refractivity contribution in [2.75, 3.05) is 54.7 Å². The first-order chi connectivity index (χ1) is 11.9. The van der Waals surface area contributed by atoms with Crippen molar-refractivity contribution in [3.8, 4) is 0 Å². The molecule has 0 aliphatic rings. The van der Waals surface area contributed by atoms with Crippen LogP contribution in [0.3, 0.4) is 0 Å². The molecule has 0 spiro atoms. The van der Waals surface area contributed by atoms with Crippen LogP contribution in [0.4, 0.5) is 0 Å². The van der Waals surface area contributed by atoms with Crippen molar-refractivity contribution in [1.29, 1.82) is 0 Å². The Morgan fingerprint density at radius 1 is 0.680 bits per heavy atom. The summed E-state index contributed by atoms with van der Waals surface area (Å²) >= 11 is 0. The molecule has 0 amide bonds. The van der Waals surface area contributed by atoms with Gasteiger partial charge in [0.25, 0.3) is 0 Å². The molecule has 0 bridgehead atoms. The van der Waals surface area contributed by atoms with Crippen molar-refractivity contribution in [3.63, 3.8) is 0 Å². The van der Waals surface area contributed by atoms with Gasteiger partial charge in [-0.3, -0.25) is 0 Å². The van der Waals surface area contributed by atoms with Crippen molar-refractivity contribution in [2.24, 2.45) is 11.8 Å². The molecule has 9 heteroatoms. The molecule has 0 aromatic rings. The molecule has 2 unspecified atom stereocenters. The molecule has 25 heavy (non-hydrogen) atoms. The van der Waals surface area contributed by atoms with Gasteiger partial charge in [-0.15, -0.1) is 0 Å². The van der Waals surface area contributed by atoms with Crippen molar-refractivity contribution in [3.05, 3.63) is 0 Å². The lowest BCUT2D eigenvalue weighted by Crippen LogP contribution is -2.47. The van der Waals surface area contributed by atoms with Crippen LogP contribution in [0.25, 0.3) is 0 Å². The summed E-state index contributed by atoms with van der Waals surface area (Å²) in [6, 6.07) is 1.59. The lowest BCUT2D eigenvalue weighted by Gasteiger charge is -2.29. The van der Waals surface area contributed by atoms with E-state index in [-0.39, 0.29) is 0 Å². The molecular weight excluding hydrogens is 358 g/mol. The van der Waals surface area contributed by atoms with Gasteiger partial charge in [-0.2, -0.15) is 0 Å². The number of hydrogen-bond acceptors (Lipinski definition) is 7. The second-order valence-electron chi connectivity index (χ2n) is 6.33. The quantitative estimate of drug-likeness (QED) is 0.401. The Hall–Kier alpha value is 0.154. The highest BCUT2D eigenvalue weighted by atomic mass is 28.4. The zero-order chi connectivity index (χ0) is 19.3. The van der Waals surface area contributed by atoms with E-state index in [4.69, 9.17) is 26.6 Å². The molecule has 0 rings (SSSR count). The van der Waals surface area contributed by atoms with Crippen LogP contribution >= 0.6 is 0 Å². The molecule has 7 nitrogen and oxygen atoms in total. The monoisotopic (exact) mass is 397 g/mol. The number of nitrogens with one attached hydrogen (secondary N) is 1. The summed E-state index contributed by atoms with van der Waals surface area (Å²) in [5.74, 6) is 0.785. The highest BCUT2D eigenvalue weighted by molar-refractivity contribution is 6.61. The first-order valence-corrected chi connectivity index (χ1v) is 12.9. The smallest absolute Gasteiger partial charge is 0.377 e. The Kier molecular flexibility index (Phi) is 13.4. The maximum absolute atomic E-state index is 5.77. The first kappa shape index (κ1) is 25.2. The van der Waals surface area contributed by atoms with Gasteiger partial charge in [0.2, 0.25) is 0 Å². The zero-order valence-electron chi connectivity index (χ0n) is 17.3. The molecule has 0 radical (unpaired) electrons. The lowest BCUT2D eigenvalue weighted by atomic mass is 10.2. The van der Waals surface area contributed by atoms with E-state index in [1.807, 2.05) is 13.8 Å². The summed E-state index contributed by atoms with van der Waals surface area (Å²) in [5.41, 5.74) is 0. The van der Waals surface area contributed by atoms with Crippen molar-refractivity contribution in [1.82, 2.24) is 5.32 Å². The Bertz CT molecular complexity index is 300. The summed E-state index contributed by atoms with van der Waals surface area (Å²) in [7, 11) is 1.60. The highest BCUT2D eigenvalue weighted by Gasteiger charge is 2.41. The van der Waals surface area contributed by atoms with Gasteiger partial charge in [0.1, 0.15) is 0 Å². The van der Waals surface area contributed by atoms with Crippen LogP contribution in [0, 0.1) is 11.8 Å². The topological polar surface area (TPSA) is 67.4 Å². The minimum atomic E-state index is -2.54. The van der Waals surface area contributed by atoms with Gasteiger partial charge < -0.3 is 31.9 Å². The molecule has 0 aromatic heterocycles. The van der Waals surface area contributed by atoms with E-state index in [1.54, 1.807) is 28.4 Å². The average Bonchev–Trinajstić information content (AvgIpc) is 2.60. The first-order valence-electron chi connectivity index (χ1n) is 9.05. The average molecular weight is 398 g/mol. The van der Waals surface area contributed by atoms with E-state index in [1.165, 1.54) is 0 Å². The lowest BCUT2D eigenvalue weighted by molar-refractivity contribution is 0.0988. The van der Waals surface area contributed by atoms with Gasteiger partial charge in [-0.1, -0.05) is 13.8 Å². The third-order valence-electron chi connectivity index (χ3n) is 4.16. The third-order valence-corrected chi connectivity index (χ3v) is 10.5. The number of rotatable bonds is 16. The van der Waals surface area contributed by atoms with Crippen LogP contribution in [0.15, 0.2) is 0 Å². The van der Waals surface area contributed by atoms with Crippen molar-refractivity contribution in [2.45, 2.75) is 39.8 Å². The Labute approximate surface area is 156 Å². The van der Waals surface area contributed by atoms with E-state index in [2.05, 4.69) is 19.2 Å². The standard InChI is InChI=1S/C16H39NO6Si2/c1-9-22-24(18-5,19-6)13-15(3)11-17-12-16(4)14-25(20-7,21-8)23-10-2/h15-17H,9-14H2,1-8H3.